The fraction of sp³-hybridized carbons (Fsp3) is 0.462. The van der Waals surface area contributed by atoms with E-state index < -0.39 is 10.0 Å². The maximum Gasteiger partial charge on any atom is 0.261 e. The zero-order chi connectivity index (χ0) is 24.9. The number of rotatable bonds is 8. The highest BCUT2D eigenvalue weighted by Gasteiger charge is 2.28. The molecule has 0 spiro atoms. The summed E-state index contributed by atoms with van der Waals surface area (Å²) < 4.78 is 28.2. The van der Waals surface area contributed by atoms with E-state index in [2.05, 4.69) is 23.9 Å². The van der Waals surface area contributed by atoms with Crippen LogP contribution in [0.5, 0.6) is 0 Å². The van der Waals surface area contributed by atoms with E-state index in [1.807, 2.05) is 13.8 Å². The van der Waals surface area contributed by atoms with Gasteiger partial charge in [0, 0.05) is 36.8 Å². The van der Waals surface area contributed by atoms with E-state index in [4.69, 9.17) is 0 Å². The molecular weight excluding hydrogens is 450 g/mol. The van der Waals surface area contributed by atoms with Gasteiger partial charge in [0.25, 0.3) is 15.9 Å². The van der Waals surface area contributed by atoms with Gasteiger partial charge in [0.05, 0.1) is 4.90 Å². The third-order valence-corrected chi connectivity index (χ3v) is 7.70. The molecule has 2 aromatic rings. The Morgan fingerprint density at radius 1 is 1.03 bits per heavy atom. The highest BCUT2D eigenvalue weighted by molar-refractivity contribution is 7.92. The average molecular weight is 486 g/mol. The van der Waals surface area contributed by atoms with Gasteiger partial charge in [-0.15, -0.1) is 0 Å². The zero-order valence-corrected chi connectivity index (χ0v) is 21.2. The van der Waals surface area contributed by atoms with Crippen LogP contribution in [0.1, 0.15) is 54.6 Å². The lowest BCUT2D eigenvalue weighted by molar-refractivity contribution is -0.126. The molecule has 1 saturated heterocycles. The van der Waals surface area contributed by atoms with Crippen LogP contribution in [-0.4, -0.2) is 44.8 Å². The topological polar surface area (TPSA) is 95.6 Å². The number of carbonyl (C=O) groups excluding carboxylic acids is 2. The number of benzene rings is 2. The second-order valence-corrected chi connectivity index (χ2v) is 11.2. The Morgan fingerprint density at radius 3 is 2.38 bits per heavy atom. The molecule has 1 aliphatic heterocycles. The Labute approximate surface area is 203 Å². The summed E-state index contributed by atoms with van der Waals surface area (Å²) >= 11 is 0. The molecule has 3 rings (SSSR count). The number of nitrogens with one attached hydrogen (secondary N) is 2. The van der Waals surface area contributed by atoms with E-state index in [9.17, 15) is 18.0 Å². The van der Waals surface area contributed by atoms with Gasteiger partial charge in [-0.05, 0) is 80.5 Å². The number of amides is 2. The largest absolute Gasteiger partial charge is 0.356 e. The highest BCUT2D eigenvalue weighted by atomic mass is 32.2. The summed E-state index contributed by atoms with van der Waals surface area (Å²) in [4.78, 5) is 27.3. The number of nitrogens with zero attached hydrogens (tertiary/aromatic N) is 1. The summed E-state index contributed by atoms with van der Waals surface area (Å²) in [5.41, 5.74) is 2.66. The SMILES string of the molecule is Cc1ccc(S(=O)(=O)Nc2cccc(C(=O)N3CCC(C(=O)NCCC(C)C)CC3)c2)cc1C. The van der Waals surface area contributed by atoms with Crippen LogP contribution in [0.2, 0.25) is 0 Å². The third kappa shape index (κ3) is 6.59. The van der Waals surface area contributed by atoms with Crippen LogP contribution < -0.4 is 10.0 Å². The molecule has 1 aliphatic rings. The minimum atomic E-state index is -3.77. The Balaban J connectivity index is 1.61. The molecule has 2 N–H and O–H groups in total. The van der Waals surface area contributed by atoms with Gasteiger partial charge >= 0.3 is 0 Å². The summed E-state index contributed by atoms with van der Waals surface area (Å²) in [6.07, 6.45) is 2.20. The van der Waals surface area contributed by atoms with Crippen LogP contribution in [0, 0.1) is 25.7 Å². The van der Waals surface area contributed by atoms with E-state index in [0.717, 1.165) is 17.5 Å². The Hall–Kier alpha value is -2.87. The van der Waals surface area contributed by atoms with Gasteiger partial charge in [-0.3, -0.25) is 14.3 Å². The first-order valence-corrected chi connectivity index (χ1v) is 13.3. The molecule has 0 atom stereocenters. The van der Waals surface area contributed by atoms with Crippen LogP contribution in [0.25, 0.3) is 0 Å². The van der Waals surface area contributed by atoms with Crippen molar-refractivity contribution in [3.8, 4) is 0 Å². The fourth-order valence-corrected chi connectivity index (χ4v) is 5.10. The maximum absolute atomic E-state index is 13.0. The van der Waals surface area contributed by atoms with Crippen LogP contribution in [0.3, 0.4) is 0 Å². The lowest BCUT2D eigenvalue weighted by Crippen LogP contribution is -2.43. The smallest absolute Gasteiger partial charge is 0.261 e. The zero-order valence-electron chi connectivity index (χ0n) is 20.4. The van der Waals surface area contributed by atoms with Crippen molar-refractivity contribution in [2.75, 3.05) is 24.4 Å². The van der Waals surface area contributed by atoms with Crippen molar-refractivity contribution in [2.45, 2.75) is 51.9 Å². The second-order valence-electron chi connectivity index (χ2n) is 9.47. The molecular formula is C26H35N3O4S. The number of anilines is 1. The molecule has 2 aromatic carbocycles. The van der Waals surface area contributed by atoms with Crippen LogP contribution in [0.15, 0.2) is 47.4 Å². The van der Waals surface area contributed by atoms with Crippen molar-refractivity contribution >= 4 is 27.5 Å². The molecule has 1 fully saturated rings. The average Bonchev–Trinajstić information content (AvgIpc) is 2.80. The fourth-order valence-electron chi connectivity index (χ4n) is 3.97. The second kappa shape index (κ2) is 11.0. The van der Waals surface area contributed by atoms with Gasteiger partial charge in [0.15, 0.2) is 0 Å². The highest BCUT2D eigenvalue weighted by Crippen LogP contribution is 2.23. The van der Waals surface area contributed by atoms with Gasteiger partial charge in [-0.1, -0.05) is 26.0 Å². The Morgan fingerprint density at radius 2 is 1.74 bits per heavy atom. The molecule has 2 amide bonds. The number of likely N-dealkylation sites (tertiary alicyclic amines) is 1. The van der Waals surface area contributed by atoms with E-state index >= 15 is 0 Å². The normalized spacial score (nSPS) is 14.8. The number of carbonyl (C=O) groups is 2. The number of piperidine rings is 1. The van der Waals surface area contributed by atoms with Crippen molar-refractivity contribution in [3.63, 3.8) is 0 Å². The standard InChI is InChI=1S/C26H35N3O4S/c1-18(2)10-13-27-25(30)21-11-14-29(15-12-21)26(31)22-6-5-7-23(17-22)28-34(32,33)24-9-8-19(3)20(4)16-24/h5-9,16-18,21,28H,10-15H2,1-4H3,(H,27,30). The minimum Gasteiger partial charge on any atom is -0.356 e. The minimum absolute atomic E-state index is 0.0653. The molecule has 0 aliphatic carbocycles. The Bertz CT molecular complexity index is 1140. The summed E-state index contributed by atoms with van der Waals surface area (Å²) in [5.74, 6) is 0.370. The summed E-state index contributed by atoms with van der Waals surface area (Å²) in [7, 11) is -3.77. The van der Waals surface area contributed by atoms with Gasteiger partial charge in [0.1, 0.15) is 0 Å². The number of aryl methyl sites for hydroxylation is 2. The van der Waals surface area contributed by atoms with Crippen molar-refractivity contribution in [2.24, 2.45) is 11.8 Å². The van der Waals surface area contributed by atoms with E-state index in [1.165, 1.54) is 0 Å². The lowest BCUT2D eigenvalue weighted by Gasteiger charge is -2.31. The number of sulfonamides is 1. The first kappa shape index (κ1) is 25.7. The van der Waals surface area contributed by atoms with Crippen molar-refractivity contribution in [1.82, 2.24) is 10.2 Å². The van der Waals surface area contributed by atoms with E-state index in [0.29, 0.717) is 49.6 Å². The van der Waals surface area contributed by atoms with Crippen molar-refractivity contribution in [3.05, 3.63) is 59.2 Å². The third-order valence-electron chi connectivity index (χ3n) is 6.32. The van der Waals surface area contributed by atoms with Crippen molar-refractivity contribution in [1.29, 1.82) is 0 Å². The van der Waals surface area contributed by atoms with Crippen molar-refractivity contribution < 1.29 is 18.0 Å². The molecule has 7 nitrogen and oxygen atoms in total. The maximum atomic E-state index is 13.0. The molecule has 34 heavy (non-hydrogen) atoms. The van der Waals surface area contributed by atoms with Gasteiger partial charge in [-0.2, -0.15) is 0 Å². The van der Waals surface area contributed by atoms with E-state index in [1.54, 1.807) is 47.4 Å². The molecule has 0 saturated carbocycles. The van der Waals surface area contributed by atoms with Crippen LogP contribution in [-0.2, 0) is 14.8 Å². The molecule has 0 unspecified atom stereocenters. The van der Waals surface area contributed by atoms with Gasteiger partial charge in [-0.25, -0.2) is 8.42 Å². The Kier molecular flexibility index (Phi) is 8.36. The van der Waals surface area contributed by atoms with Gasteiger partial charge < -0.3 is 10.2 Å². The predicted octanol–water partition coefficient (Wildman–Crippen LogP) is 4.12. The molecule has 0 bridgehead atoms. The molecule has 1 heterocycles. The summed E-state index contributed by atoms with van der Waals surface area (Å²) in [5, 5.41) is 3.00. The summed E-state index contributed by atoms with van der Waals surface area (Å²) in [6.45, 7) is 9.72. The predicted molar refractivity (Wildman–Crippen MR) is 134 cm³/mol. The number of hydrogen-bond acceptors (Lipinski definition) is 4. The van der Waals surface area contributed by atoms with Crippen LogP contribution in [0.4, 0.5) is 5.69 Å². The summed E-state index contributed by atoms with van der Waals surface area (Å²) in [6, 6.07) is 11.5. The molecule has 0 radical (unpaired) electrons. The molecule has 8 heteroatoms. The lowest BCUT2D eigenvalue weighted by atomic mass is 9.95. The molecule has 0 aromatic heterocycles. The first-order chi connectivity index (χ1) is 16.1. The number of hydrogen-bond donors (Lipinski definition) is 2. The van der Waals surface area contributed by atoms with Crippen LogP contribution >= 0.6 is 0 Å². The quantitative estimate of drug-likeness (QED) is 0.588. The monoisotopic (exact) mass is 485 g/mol. The molecule has 184 valence electrons. The first-order valence-electron chi connectivity index (χ1n) is 11.8. The van der Waals surface area contributed by atoms with E-state index in [-0.39, 0.29) is 22.6 Å². The van der Waals surface area contributed by atoms with Gasteiger partial charge in [0.2, 0.25) is 5.91 Å².